The van der Waals surface area contributed by atoms with Gasteiger partial charge in [-0.3, -0.25) is 21.3 Å². The third-order valence-corrected chi connectivity index (χ3v) is 11.3. The third kappa shape index (κ3) is 21.1. The van der Waals surface area contributed by atoms with E-state index in [0.29, 0.717) is 105 Å². The number of aryl methyl sites for hydroxylation is 4. The predicted octanol–water partition coefficient (Wildman–Crippen LogP) is -1.39. The van der Waals surface area contributed by atoms with Crippen LogP contribution in [0.2, 0.25) is 0 Å². The smallest absolute Gasteiger partial charge is 0.244 e. The molecule has 4 heterocycles. The van der Waals surface area contributed by atoms with Gasteiger partial charge in [0.05, 0.1) is 99.4 Å². The molecule has 0 spiro atoms. The fraction of sp³-hybridized carbons (Fsp3) is 0.733. The number of nitrogens with zero attached hydrogens (tertiary/aromatic N) is 8. The van der Waals surface area contributed by atoms with Gasteiger partial charge in [0.15, 0.2) is 0 Å². The molecule has 0 radical (unpaired) electrons. The topological polar surface area (TPSA) is 177 Å². The lowest BCUT2D eigenvalue weighted by Crippen LogP contribution is -2.55. The highest BCUT2D eigenvalue weighted by Gasteiger charge is 2.37. The van der Waals surface area contributed by atoms with E-state index in [0.717, 1.165) is 0 Å². The van der Waals surface area contributed by atoms with Gasteiger partial charge in [-0.2, -0.15) is 0 Å². The number of nitrogens with one attached hydrogen (secondary N) is 4. The van der Waals surface area contributed by atoms with E-state index in [-0.39, 0.29) is 30.7 Å². The summed E-state index contributed by atoms with van der Waals surface area (Å²) >= 11 is 0. The Balaban J connectivity index is 1.74. The summed E-state index contributed by atoms with van der Waals surface area (Å²) in [7, 11) is 14.7. The van der Waals surface area contributed by atoms with E-state index in [1.165, 1.54) is 0 Å². The molecular weight excluding hydrogens is 853 g/mol. The van der Waals surface area contributed by atoms with E-state index in [1.54, 1.807) is 35.4 Å². The van der Waals surface area contributed by atoms with Crippen LogP contribution in [0.4, 0.5) is 0 Å². The monoisotopic (exact) mass is 937 g/mol. The zero-order valence-electron chi connectivity index (χ0n) is 41.2. The molecule has 0 saturated heterocycles. The van der Waals surface area contributed by atoms with E-state index in [4.69, 9.17) is 37.9 Å². The van der Waals surface area contributed by atoms with Crippen LogP contribution in [-0.2, 0) is 92.8 Å². The van der Waals surface area contributed by atoms with Crippen molar-refractivity contribution in [2.45, 2.75) is 101 Å². The highest BCUT2D eigenvalue weighted by atomic mass is 16.5. The number of aliphatic hydroxyl groups is 1. The Morgan fingerprint density at radius 3 is 1.26 bits per heavy atom. The molecule has 0 saturated carbocycles. The Hall–Kier alpha value is -3.68. The van der Waals surface area contributed by atoms with Crippen LogP contribution in [-0.4, -0.2) is 153 Å². The van der Waals surface area contributed by atoms with Crippen LogP contribution in [0.25, 0.3) is 0 Å². The molecule has 4 aromatic heterocycles. The van der Waals surface area contributed by atoms with Gasteiger partial charge < -0.3 is 43.0 Å². The average Bonchev–Trinajstić information content (AvgIpc) is 4.12. The zero-order chi connectivity index (χ0) is 47.6. The second-order valence-corrected chi connectivity index (χ2v) is 17.2. The van der Waals surface area contributed by atoms with Gasteiger partial charge in [-0.25, -0.2) is 36.5 Å². The molecule has 0 aliphatic carbocycles. The van der Waals surface area contributed by atoms with Crippen LogP contribution in [0.15, 0.2) is 74.9 Å². The molecule has 0 fully saturated rings. The summed E-state index contributed by atoms with van der Waals surface area (Å²) in [4.78, 5) is 0. The Labute approximate surface area is 392 Å². The van der Waals surface area contributed by atoms with Crippen molar-refractivity contribution in [2.75, 3.05) is 87.9 Å². The van der Waals surface area contributed by atoms with Crippen molar-refractivity contribution < 1.29 is 61.3 Å². The van der Waals surface area contributed by atoms with Gasteiger partial charge in [-0.1, -0.05) is 0 Å². The summed E-state index contributed by atoms with van der Waals surface area (Å²) in [6.07, 6.45) is 25.0. The molecule has 4 rings (SSSR count). The van der Waals surface area contributed by atoms with Gasteiger partial charge in [0, 0.05) is 59.6 Å². The fourth-order valence-corrected chi connectivity index (χ4v) is 7.74. The van der Waals surface area contributed by atoms with Gasteiger partial charge >= 0.3 is 0 Å². The molecule has 21 nitrogen and oxygen atoms in total. The van der Waals surface area contributed by atoms with Crippen molar-refractivity contribution in [3.8, 4) is 0 Å². The molecule has 66 heavy (non-hydrogen) atoms. The second kappa shape index (κ2) is 30.6. The molecule has 5 N–H and O–H groups in total. The van der Waals surface area contributed by atoms with Crippen molar-refractivity contribution in [1.29, 1.82) is 0 Å². The molecule has 7 atom stereocenters. The van der Waals surface area contributed by atoms with Gasteiger partial charge in [0.25, 0.3) is 0 Å². The van der Waals surface area contributed by atoms with Crippen molar-refractivity contribution >= 4 is 0 Å². The first-order valence-corrected chi connectivity index (χ1v) is 23.0. The summed E-state index contributed by atoms with van der Waals surface area (Å²) in [5.41, 5.74) is -1.31. The number of hydrogen-bond donors (Lipinski definition) is 5. The molecule has 0 amide bonds. The van der Waals surface area contributed by atoms with Gasteiger partial charge in [-0.15, -0.1) is 0 Å². The van der Waals surface area contributed by atoms with Crippen LogP contribution < -0.4 is 39.5 Å². The first-order valence-electron chi connectivity index (χ1n) is 23.0. The quantitative estimate of drug-likeness (QED) is 0.0201. The minimum absolute atomic E-state index is 0.123. The van der Waals surface area contributed by atoms with Crippen LogP contribution in [0.3, 0.4) is 0 Å². The van der Waals surface area contributed by atoms with Crippen LogP contribution in [0.5, 0.6) is 0 Å². The minimum atomic E-state index is -1.31. The lowest BCUT2D eigenvalue weighted by atomic mass is 9.90. The summed E-state index contributed by atoms with van der Waals surface area (Å²) in [6.45, 7) is 7.61. The maximum absolute atomic E-state index is 12.0. The van der Waals surface area contributed by atoms with Crippen molar-refractivity contribution in [3.05, 3.63) is 74.9 Å². The van der Waals surface area contributed by atoms with E-state index < -0.39 is 17.9 Å². The van der Waals surface area contributed by atoms with Gasteiger partial charge in [0.1, 0.15) is 82.0 Å². The van der Waals surface area contributed by atoms with Crippen molar-refractivity contribution in [2.24, 2.45) is 28.2 Å². The average molecular weight is 937 g/mol. The maximum Gasteiger partial charge on any atom is 0.244 e. The van der Waals surface area contributed by atoms with Crippen LogP contribution in [0, 0.1) is 0 Å². The van der Waals surface area contributed by atoms with Crippen molar-refractivity contribution in [3.63, 3.8) is 0 Å². The number of rotatable bonds is 39. The largest absolute Gasteiger partial charge is 0.382 e. The molecule has 21 heteroatoms. The van der Waals surface area contributed by atoms with Crippen LogP contribution in [0.1, 0.15) is 32.6 Å². The van der Waals surface area contributed by atoms with Gasteiger partial charge in [0.2, 0.25) is 25.3 Å². The fourth-order valence-electron chi connectivity index (χ4n) is 7.74. The summed E-state index contributed by atoms with van der Waals surface area (Å²) in [5, 5.41) is 26.9. The first-order chi connectivity index (χ1) is 31.9. The van der Waals surface area contributed by atoms with Crippen LogP contribution >= 0.6 is 0 Å². The number of methoxy groups -OCH3 is 4. The van der Waals surface area contributed by atoms with E-state index in [2.05, 4.69) is 35.0 Å². The van der Waals surface area contributed by atoms with E-state index in [1.807, 2.05) is 126 Å². The van der Waals surface area contributed by atoms with Gasteiger partial charge in [-0.05, 0) is 26.2 Å². The maximum atomic E-state index is 12.0. The van der Waals surface area contributed by atoms with E-state index >= 15 is 0 Å². The minimum Gasteiger partial charge on any atom is -0.382 e. The SMILES string of the molecule is COCCOCCC(NCn1cc[n+](C)c1)C(CC(NCn1cc[n+](C)c1)C(CC(NCn1cc[n+](C)c1)C(CC(C)(O)NCn1cc[n+](C)c1)OCCOC)OCCOC)OCCOC. The Kier molecular flexibility index (Phi) is 25.5. The molecule has 0 aromatic carbocycles. The number of hydrogen-bond acceptors (Lipinski definition) is 13. The normalized spacial score (nSPS) is 15.7. The zero-order valence-corrected chi connectivity index (χ0v) is 41.2. The number of imidazole rings is 4. The molecule has 0 bridgehead atoms. The second-order valence-electron chi connectivity index (χ2n) is 17.2. The Morgan fingerprint density at radius 2 is 0.848 bits per heavy atom. The molecule has 374 valence electrons. The molecule has 4 aromatic rings. The molecular formula is C45H84N12O9+4. The lowest BCUT2D eigenvalue weighted by molar-refractivity contribution is -0.671. The van der Waals surface area contributed by atoms with E-state index in [9.17, 15) is 5.11 Å². The number of ether oxygens (including phenoxy) is 8. The Bertz CT molecular complexity index is 1840. The highest BCUT2D eigenvalue weighted by Crippen LogP contribution is 2.24. The first kappa shape index (κ1) is 54.9. The molecule has 7 unspecified atom stereocenters. The standard InChI is InChI=1S/C45H84N12O9/c1-45(58,49-34-57-18-14-53(5)38-57)30-44(66-27-23-62-9)41(48-33-56-17-13-52(4)37-56)29-43(65-26-22-61-8)40(47-32-55-16-12-51(3)36-55)28-42(64-25-21-60-7)39(10-19-63-24-20-59-6)46-31-54-15-11-50(2)35-54/h11-18,35-44,46-49,58H,10,19-34H2,1-9H3/q+4. The predicted molar refractivity (Wildman–Crippen MR) is 243 cm³/mol. The highest BCUT2D eigenvalue weighted by molar-refractivity contribution is 4.92. The third-order valence-electron chi connectivity index (χ3n) is 11.3. The summed E-state index contributed by atoms with van der Waals surface area (Å²) in [6, 6.07) is -0.701. The lowest BCUT2D eigenvalue weighted by Gasteiger charge is -2.38. The Morgan fingerprint density at radius 1 is 0.485 bits per heavy atom. The molecule has 0 aliphatic rings. The molecule has 0 aliphatic heterocycles. The van der Waals surface area contributed by atoms with Crippen molar-refractivity contribution in [1.82, 2.24) is 39.5 Å². The summed E-state index contributed by atoms with van der Waals surface area (Å²) in [5.74, 6) is 0. The summed E-state index contributed by atoms with van der Waals surface area (Å²) < 4.78 is 64.6. The number of aromatic nitrogens is 8.